The van der Waals surface area contributed by atoms with Gasteiger partial charge < -0.3 is 15.5 Å². The van der Waals surface area contributed by atoms with Crippen molar-refractivity contribution in [3.8, 4) is 0 Å². The first kappa shape index (κ1) is 21.9. The van der Waals surface area contributed by atoms with Crippen molar-refractivity contribution in [2.24, 2.45) is 0 Å². The Morgan fingerprint density at radius 3 is 2.61 bits per heavy atom. The van der Waals surface area contributed by atoms with Gasteiger partial charge in [0.15, 0.2) is 0 Å². The van der Waals surface area contributed by atoms with Crippen LogP contribution < -0.4 is 10.6 Å². The molecule has 0 atom stereocenters. The van der Waals surface area contributed by atoms with Crippen molar-refractivity contribution < 1.29 is 9.59 Å². The van der Waals surface area contributed by atoms with Crippen molar-refractivity contribution in [2.75, 3.05) is 50.3 Å². The minimum atomic E-state index is -0.0843. The Hall–Kier alpha value is -2.35. The third-order valence-corrected chi connectivity index (χ3v) is 6.83. The van der Waals surface area contributed by atoms with Gasteiger partial charge in [0.25, 0.3) is 5.91 Å². The number of anilines is 1. The van der Waals surface area contributed by atoms with E-state index in [4.69, 9.17) is 0 Å². The highest BCUT2D eigenvalue weighted by Gasteiger charge is 2.17. The summed E-state index contributed by atoms with van der Waals surface area (Å²) in [6.45, 7) is 6.98. The molecular weight excluding hydrogens is 408 g/mol. The number of nitrogens with zero attached hydrogens (tertiary/aromatic N) is 2. The number of amides is 2. The number of carbonyl (C=O) groups is 2. The number of hydrogen-bond acceptors (Lipinski definition) is 5. The average molecular weight is 439 g/mol. The van der Waals surface area contributed by atoms with E-state index in [0.717, 1.165) is 62.0 Å². The van der Waals surface area contributed by atoms with Crippen molar-refractivity contribution in [3.63, 3.8) is 0 Å². The molecule has 2 heterocycles. The molecule has 6 nitrogen and oxygen atoms in total. The first-order valence-corrected chi connectivity index (χ1v) is 12.0. The van der Waals surface area contributed by atoms with E-state index in [0.29, 0.717) is 18.5 Å². The van der Waals surface area contributed by atoms with E-state index >= 15 is 0 Å². The zero-order valence-corrected chi connectivity index (χ0v) is 18.6. The van der Waals surface area contributed by atoms with Crippen LogP contribution in [-0.4, -0.2) is 66.6 Å². The molecule has 164 valence electrons. The fraction of sp³-hybridized carbons (Fsp3) is 0.417. The maximum Gasteiger partial charge on any atom is 0.251 e. The minimum absolute atomic E-state index is 0.00711. The summed E-state index contributed by atoms with van der Waals surface area (Å²) >= 11 is 1.65. The van der Waals surface area contributed by atoms with Crippen LogP contribution >= 0.6 is 11.8 Å². The van der Waals surface area contributed by atoms with Gasteiger partial charge in [-0.25, -0.2) is 0 Å². The standard InChI is InChI=1S/C24H30N4O2S/c29-23-9-16-31-22-8-7-20(17-21(22)26-23)24(30)25-10-4-11-27-12-14-28(15-13-27)18-19-5-2-1-3-6-19/h1-3,5-8,17H,4,9-16,18H2,(H,25,30)(H,26,29). The number of hydrogen-bond donors (Lipinski definition) is 2. The third kappa shape index (κ3) is 6.32. The van der Waals surface area contributed by atoms with E-state index < -0.39 is 0 Å². The molecule has 0 unspecified atom stereocenters. The van der Waals surface area contributed by atoms with Crippen LogP contribution in [0.4, 0.5) is 5.69 Å². The van der Waals surface area contributed by atoms with Gasteiger partial charge in [-0.3, -0.25) is 14.5 Å². The van der Waals surface area contributed by atoms with Gasteiger partial charge in [0, 0.05) is 61.9 Å². The molecular formula is C24H30N4O2S. The molecule has 2 aliphatic rings. The lowest BCUT2D eigenvalue weighted by Crippen LogP contribution is -2.46. The molecule has 1 fully saturated rings. The Balaban J connectivity index is 1.16. The molecule has 0 aliphatic carbocycles. The van der Waals surface area contributed by atoms with E-state index in [1.807, 2.05) is 12.1 Å². The summed E-state index contributed by atoms with van der Waals surface area (Å²) in [5.41, 5.74) is 2.71. The average Bonchev–Trinajstić information content (AvgIpc) is 2.98. The summed E-state index contributed by atoms with van der Waals surface area (Å²) in [5.74, 6) is 0.692. The molecule has 2 aliphatic heterocycles. The molecule has 31 heavy (non-hydrogen) atoms. The molecule has 0 saturated carbocycles. The highest BCUT2D eigenvalue weighted by Crippen LogP contribution is 2.31. The Morgan fingerprint density at radius 1 is 1.03 bits per heavy atom. The molecule has 0 aromatic heterocycles. The first-order valence-electron chi connectivity index (χ1n) is 11.0. The summed E-state index contributed by atoms with van der Waals surface area (Å²) in [7, 11) is 0. The predicted octanol–water partition coefficient (Wildman–Crippen LogP) is 3.06. The lowest BCUT2D eigenvalue weighted by atomic mass is 10.1. The largest absolute Gasteiger partial charge is 0.352 e. The van der Waals surface area contributed by atoms with Crippen molar-refractivity contribution in [2.45, 2.75) is 24.3 Å². The van der Waals surface area contributed by atoms with Gasteiger partial charge in [0.1, 0.15) is 0 Å². The smallest absolute Gasteiger partial charge is 0.251 e. The second-order valence-corrected chi connectivity index (χ2v) is 9.21. The fourth-order valence-electron chi connectivity index (χ4n) is 3.98. The molecule has 2 aromatic carbocycles. The van der Waals surface area contributed by atoms with Crippen molar-refractivity contribution >= 4 is 29.3 Å². The quantitative estimate of drug-likeness (QED) is 0.651. The van der Waals surface area contributed by atoms with Crippen LogP contribution in [0.25, 0.3) is 0 Å². The van der Waals surface area contributed by atoms with Crippen LogP contribution in [0, 0.1) is 0 Å². The summed E-state index contributed by atoms with van der Waals surface area (Å²) in [5, 5.41) is 5.91. The van der Waals surface area contributed by atoms with Crippen molar-refractivity contribution in [3.05, 3.63) is 59.7 Å². The molecule has 1 saturated heterocycles. The van der Waals surface area contributed by atoms with Crippen LogP contribution in [0.3, 0.4) is 0 Å². The molecule has 4 rings (SSSR count). The molecule has 0 bridgehead atoms. The second kappa shape index (κ2) is 10.8. The van der Waals surface area contributed by atoms with E-state index in [-0.39, 0.29) is 11.8 Å². The van der Waals surface area contributed by atoms with Crippen LogP contribution in [-0.2, 0) is 11.3 Å². The lowest BCUT2D eigenvalue weighted by Gasteiger charge is -2.34. The summed E-state index contributed by atoms with van der Waals surface area (Å²) < 4.78 is 0. The number of benzene rings is 2. The highest BCUT2D eigenvalue weighted by atomic mass is 32.2. The number of piperazine rings is 1. The van der Waals surface area contributed by atoms with Gasteiger partial charge in [0.2, 0.25) is 5.91 Å². The Morgan fingerprint density at radius 2 is 1.81 bits per heavy atom. The topological polar surface area (TPSA) is 64.7 Å². The van der Waals surface area contributed by atoms with Crippen molar-refractivity contribution in [1.29, 1.82) is 0 Å². The maximum atomic E-state index is 12.5. The Labute approximate surface area is 188 Å². The van der Waals surface area contributed by atoms with E-state index in [2.05, 4.69) is 50.8 Å². The van der Waals surface area contributed by atoms with Gasteiger partial charge >= 0.3 is 0 Å². The molecule has 0 radical (unpaired) electrons. The minimum Gasteiger partial charge on any atom is -0.352 e. The van der Waals surface area contributed by atoms with Gasteiger partial charge in [-0.2, -0.15) is 0 Å². The Bertz CT molecular complexity index is 898. The van der Waals surface area contributed by atoms with E-state index in [1.165, 1.54) is 5.56 Å². The number of thioether (sulfide) groups is 1. The predicted molar refractivity (Wildman–Crippen MR) is 126 cm³/mol. The summed E-state index contributed by atoms with van der Waals surface area (Å²) in [6, 6.07) is 16.2. The van der Waals surface area contributed by atoms with E-state index in [1.54, 1.807) is 17.8 Å². The normalized spacial score (nSPS) is 17.5. The molecule has 2 aromatic rings. The highest BCUT2D eigenvalue weighted by molar-refractivity contribution is 7.99. The third-order valence-electron chi connectivity index (χ3n) is 5.75. The molecule has 0 spiro atoms. The number of carbonyl (C=O) groups excluding carboxylic acids is 2. The summed E-state index contributed by atoms with van der Waals surface area (Å²) in [4.78, 5) is 30.3. The maximum absolute atomic E-state index is 12.5. The van der Waals surface area contributed by atoms with Gasteiger partial charge in [-0.15, -0.1) is 11.8 Å². The zero-order valence-electron chi connectivity index (χ0n) is 17.8. The summed E-state index contributed by atoms with van der Waals surface area (Å²) in [6.07, 6.45) is 1.43. The monoisotopic (exact) mass is 438 g/mol. The zero-order chi connectivity index (χ0) is 21.5. The Kier molecular flexibility index (Phi) is 7.61. The fourth-order valence-corrected chi connectivity index (χ4v) is 4.92. The number of nitrogens with one attached hydrogen (secondary N) is 2. The number of rotatable bonds is 7. The SMILES string of the molecule is O=C1CCSc2ccc(C(=O)NCCCN3CCN(Cc4ccccc4)CC3)cc2N1. The van der Waals surface area contributed by atoms with Crippen LogP contribution in [0.2, 0.25) is 0 Å². The van der Waals surface area contributed by atoms with E-state index in [9.17, 15) is 9.59 Å². The van der Waals surface area contributed by atoms with Crippen LogP contribution in [0.5, 0.6) is 0 Å². The molecule has 2 amide bonds. The van der Waals surface area contributed by atoms with Gasteiger partial charge in [0.05, 0.1) is 5.69 Å². The van der Waals surface area contributed by atoms with Gasteiger partial charge in [-0.05, 0) is 36.7 Å². The first-order chi connectivity index (χ1) is 15.2. The second-order valence-electron chi connectivity index (χ2n) is 8.07. The molecule has 7 heteroatoms. The van der Waals surface area contributed by atoms with Gasteiger partial charge in [-0.1, -0.05) is 30.3 Å². The molecule has 2 N–H and O–H groups in total. The van der Waals surface area contributed by atoms with Crippen LogP contribution in [0.15, 0.2) is 53.4 Å². The van der Waals surface area contributed by atoms with Crippen molar-refractivity contribution in [1.82, 2.24) is 15.1 Å². The number of fused-ring (bicyclic) bond motifs is 1. The van der Waals surface area contributed by atoms with Crippen LogP contribution in [0.1, 0.15) is 28.8 Å². The lowest BCUT2D eigenvalue weighted by molar-refractivity contribution is -0.115.